The van der Waals surface area contributed by atoms with Gasteiger partial charge in [-0.05, 0) is 49.4 Å². The van der Waals surface area contributed by atoms with Crippen LogP contribution < -0.4 is 15.4 Å². The number of nitrogens with one attached hydrogen (secondary N) is 2. The van der Waals surface area contributed by atoms with Gasteiger partial charge < -0.3 is 15.4 Å². The van der Waals surface area contributed by atoms with E-state index < -0.39 is 0 Å². The van der Waals surface area contributed by atoms with Crippen LogP contribution in [0.2, 0.25) is 0 Å². The maximum absolute atomic E-state index is 12.2. The van der Waals surface area contributed by atoms with Gasteiger partial charge in [0.1, 0.15) is 5.75 Å². The van der Waals surface area contributed by atoms with Gasteiger partial charge in [-0.3, -0.25) is 4.79 Å². The summed E-state index contributed by atoms with van der Waals surface area (Å²) in [6, 6.07) is 12.3. The third-order valence-corrected chi connectivity index (χ3v) is 4.04. The lowest BCUT2D eigenvalue weighted by Crippen LogP contribution is -2.38. The minimum absolute atomic E-state index is 0. The van der Waals surface area contributed by atoms with Gasteiger partial charge in [0.2, 0.25) is 5.91 Å². The number of ether oxygens (including phenoxy) is 1. The fourth-order valence-electron chi connectivity index (χ4n) is 2.30. The van der Waals surface area contributed by atoms with E-state index >= 15 is 0 Å². The highest BCUT2D eigenvalue weighted by Crippen LogP contribution is 2.25. The van der Waals surface area contributed by atoms with Crippen LogP contribution in [0.25, 0.3) is 10.8 Å². The Bertz CT molecular complexity index is 661. The third kappa shape index (κ3) is 4.85. The molecule has 0 spiro atoms. The average Bonchev–Trinajstić information content (AvgIpc) is 2.57. The fourth-order valence-corrected chi connectivity index (χ4v) is 2.30. The van der Waals surface area contributed by atoms with Crippen LogP contribution in [-0.4, -0.2) is 32.7 Å². The van der Waals surface area contributed by atoms with Crippen molar-refractivity contribution in [3.05, 3.63) is 42.0 Å². The first kappa shape index (κ1) is 19.3. The second kappa shape index (κ2) is 8.75. The van der Waals surface area contributed by atoms with Crippen molar-refractivity contribution in [2.24, 2.45) is 0 Å². The van der Waals surface area contributed by atoms with Crippen LogP contribution in [0.5, 0.6) is 5.75 Å². The smallest absolute Gasteiger partial charge is 0.227 e. The highest BCUT2D eigenvalue weighted by Gasteiger charge is 2.15. The standard InChI is InChI=1S/C18H24N2O2.ClH/c1-12(19-3)11-20-18(21)13(2)14-5-6-16-10-17(22-4)8-7-15(16)9-14;/h5-10,12-13,19H,11H2,1-4H3,(H,20,21);1H. The first-order valence-electron chi connectivity index (χ1n) is 7.58. The number of amides is 1. The van der Waals surface area contributed by atoms with E-state index in [-0.39, 0.29) is 30.3 Å². The summed E-state index contributed by atoms with van der Waals surface area (Å²) < 4.78 is 5.23. The van der Waals surface area contributed by atoms with Crippen LogP contribution in [0.15, 0.2) is 36.4 Å². The average molecular weight is 337 g/mol. The van der Waals surface area contributed by atoms with Crippen molar-refractivity contribution in [1.29, 1.82) is 0 Å². The minimum atomic E-state index is -0.171. The SMILES string of the molecule is CNC(C)CNC(=O)C(C)c1ccc2cc(OC)ccc2c1.Cl. The summed E-state index contributed by atoms with van der Waals surface area (Å²) in [6.07, 6.45) is 0. The minimum Gasteiger partial charge on any atom is -0.497 e. The number of carbonyl (C=O) groups is 1. The summed E-state index contributed by atoms with van der Waals surface area (Å²) in [7, 11) is 3.55. The van der Waals surface area contributed by atoms with Crippen LogP contribution in [0.1, 0.15) is 25.3 Å². The van der Waals surface area contributed by atoms with E-state index in [0.717, 1.165) is 22.1 Å². The highest BCUT2D eigenvalue weighted by atomic mass is 35.5. The van der Waals surface area contributed by atoms with Crippen LogP contribution >= 0.6 is 12.4 Å². The molecule has 0 saturated carbocycles. The Balaban J connectivity index is 0.00000264. The van der Waals surface area contributed by atoms with Gasteiger partial charge in [0.25, 0.3) is 0 Å². The molecule has 4 nitrogen and oxygen atoms in total. The van der Waals surface area contributed by atoms with Crippen molar-refractivity contribution in [1.82, 2.24) is 10.6 Å². The maximum Gasteiger partial charge on any atom is 0.227 e. The molecule has 2 aromatic rings. The molecular formula is C18H25ClN2O2. The highest BCUT2D eigenvalue weighted by molar-refractivity contribution is 5.88. The summed E-state index contributed by atoms with van der Waals surface area (Å²) in [5.74, 6) is 0.720. The number of carbonyl (C=O) groups excluding carboxylic acids is 1. The molecule has 2 unspecified atom stereocenters. The fraction of sp³-hybridized carbons (Fsp3) is 0.389. The van der Waals surface area contributed by atoms with Crippen LogP contribution in [-0.2, 0) is 4.79 Å². The van der Waals surface area contributed by atoms with Gasteiger partial charge >= 0.3 is 0 Å². The molecule has 2 N–H and O–H groups in total. The largest absolute Gasteiger partial charge is 0.497 e. The number of benzene rings is 2. The monoisotopic (exact) mass is 336 g/mol. The zero-order valence-electron chi connectivity index (χ0n) is 14.1. The summed E-state index contributed by atoms with van der Waals surface area (Å²) in [6.45, 7) is 4.60. The Labute approximate surface area is 144 Å². The van der Waals surface area contributed by atoms with Crippen molar-refractivity contribution >= 4 is 29.1 Å². The second-order valence-corrected chi connectivity index (χ2v) is 5.63. The molecule has 1 amide bonds. The molecule has 23 heavy (non-hydrogen) atoms. The predicted molar refractivity (Wildman–Crippen MR) is 97.7 cm³/mol. The summed E-state index contributed by atoms with van der Waals surface area (Å²) in [5, 5.41) is 8.31. The first-order chi connectivity index (χ1) is 10.5. The molecule has 126 valence electrons. The Morgan fingerprint density at radius 3 is 2.43 bits per heavy atom. The van der Waals surface area contributed by atoms with Gasteiger partial charge in [-0.1, -0.05) is 24.3 Å². The number of hydrogen-bond donors (Lipinski definition) is 2. The Morgan fingerprint density at radius 1 is 1.13 bits per heavy atom. The van der Waals surface area contributed by atoms with Gasteiger partial charge in [-0.25, -0.2) is 0 Å². The van der Waals surface area contributed by atoms with Crippen molar-refractivity contribution in [2.75, 3.05) is 20.7 Å². The van der Waals surface area contributed by atoms with Gasteiger partial charge in [0.15, 0.2) is 0 Å². The van der Waals surface area contributed by atoms with E-state index in [1.54, 1.807) is 7.11 Å². The van der Waals surface area contributed by atoms with Crippen molar-refractivity contribution in [2.45, 2.75) is 25.8 Å². The Morgan fingerprint density at radius 2 is 1.78 bits per heavy atom. The molecule has 0 saturated heterocycles. The van der Waals surface area contributed by atoms with E-state index in [9.17, 15) is 4.79 Å². The van der Waals surface area contributed by atoms with Gasteiger partial charge in [-0.15, -0.1) is 12.4 Å². The Hall–Kier alpha value is -1.78. The van der Waals surface area contributed by atoms with E-state index in [1.165, 1.54) is 0 Å². The molecule has 0 aliphatic rings. The van der Waals surface area contributed by atoms with E-state index in [2.05, 4.69) is 16.7 Å². The van der Waals surface area contributed by atoms with E-state index in [4.69, 9.17) is 4.74 Å². The first-order valence-corrected chi connectivity index (χ1v) is 7.58. The quantitative estimate of drug-likeness (QED) is 0.852. The lowest BCUT2D eigenvalue weighted by molar-refractivity contribution is -0.122. The number of halogens is 1. The molecule has 0 radical (unpaired) electrons. The van der Waals surface area contributed by atoms with Crippen molar-refractivity contribution in [3.63, 3.8) is 0 Å². The topological polar surface area (TPSA) is 50.4 Å². The number of hydrogen-bond acceptors (Lipinski definition) is 3. The molecule has 5 heteroatoms. The van der Waals surface area contributed by atoms with Crippen LogP contribution in [0.3, 0.4) is 0 Å². The molecule has 0 fully saturated rings. The molecule has 0 heterocycles. The number of methoxy groups -OCH3 is 1. The molecule has 0 bridgehead atoms. The maximum atomic E-state index is 12.2. The molecule has 0 aliphatic carbocycles. The summed E-state index contributed by atoms with van der Waals surface area (Å²) in [5.41, 5.74) is 1.02. The zero-order valence-corrected chi connectivity index (χ0v) is 14.9. The summed E-state index contributed by atoms with van der Waals surface area (Å²) in [4.78, 5) is 12.2. The predicted octanol–water partition coefficient (Wildman–Crippen LogP) is 3.10. The van der Waals surface area contributed by atoms with Gasteiger partial charge in [-0.2, -0.15) is 0 Å². The number of fused-ring (bicyclic) bond motifs is 1. The van der Waals surface area contributed by atoms with E-state index in [0.29, 0.717) is 6.54 Å². The van der Waals surface area contributed by atoms with Gasteiger partial charge in [0.05, 0.1) is 13.0 Å². The normalized spacial score (nSPS) is 13.0. The molecule has 0 aliphatic heterocycles. The molecule has 2 atom stereocenters. The lowest BCUT2D eigenvalue weighted by atomic mass is 9.97. The zero-order chi connectivity index (χ0) is 16.1. The molecule has 2 aromatic carbocycles. The molecule has 0 aromatic heterocycles. The number of likely N-dealkylation sites (N-methyl/N-ethyl adjacent to an activating group) is 1. The summed E-state index contributed by atoms with van der Waals surface area (Å²) >= 11 is 0. The second-order valence-electron chi connectivity index (χ2n) is 5.63. The third-order valence-electron chi connectivity index (χ3n) is 4.04. The molecule has 2 rings (SSSR count). The number of rotatable bonds is 6. The van der Waals surface area contributed by atoms with Crippen LogP contribution in [0, 0.1) is 0 Å². The van der Waals surface area contributed by atoms with Crippen molar-refractivity contribution in [3.8, 4) is 5.75 Å². The van der Waals surface area contributed by atoms with Crippen LogP contribution in [0.4, 0.5) is 0 Å². The Kier molecular flexibility index (Phi) is 7.33. The molecular weight excluding hydrogens is 312 g/mol. The van der Waals surface area contributed by atoms with E-state index in [1.807, 2.05) is 51.2 Å². The van der Waals surface area contributed by atoms with Gasteiger partial charge in [0, 0.05) is 12.6 Å². The van der Waals surface area contributed by atoms with Crippen molar-refractivity contribution < 1.29 is 9.53 Å². The lowest BCUT2D eigenvalue weighted by Gasteiger charge is -2.16.